The van der Waals surface area contributed by atoms with Crippen LogP contribution in [0.15, 0.2) is 0 Å². The fourth-order valence-corrected chi connectivity index (χ4v) is 2.80. The molecule has 1 fully saturated rings. The highest BCUT2D eigenvalue weighted by Crippen LogP contribution is 2.31. The lowest BCUT2D eigenvalue weighted by Gasteiger charge is -2.42. The van der Waals surface area contributed by atoms with Crippen LogP contribution in [-0.4, -0.2) is 115 Å². The number of aliphatic hydroxyl groups is 9. The van der Waals surface area contributed by atoms with Crippen molar-refractivity contribution in [3.63, 3.8) is 0 Å². The van der Waals surface area contributed by atoms with Crippen molar-refractivity contribution >= 4 is 0 Å². The largest absolute Gasteiger partial charge is 0.396 e. The first kappa shape index (κ1) is 23.6. The average molecular weight is 386 g/mol. The lowest BCUT2D eigenvalue weighted by molar-refractivity contribution is -0.306. The Morgan fingerprint density at radius 1 is 1.15 bits per heavy atom. The molecule has 0 aromatic heterocycles. The molecule has 26 heavy (non-hydrogen) atoms. The molecule has 0 aromatic carbocycles. The smallest absolute Gasteiger partial charge is 0.197 e. The van der Waals surface area contributed by atoms with Crippen LogP contribution in [0.4, 0.5) is 0 Å². The van der Waals surface area contributed by atoms with Crippen LogP contribution in [0.1, 0.15) is 12.8 Å². The number of aliphatic hydroxyl groups excluding tert-OH is 5. The summed E-state index contributed by atoms with van der Waals surface area (Å²) in [6, 6.07) is 0. The third-order valence-corrected chi connectivity index (χ3v) is 4.62. The molecule has 0 radical (unpaired) electrons. The number of ether oxygens (including phenoxy) is 2. The zero-order valence-electron chi connectivity index (χ0n) is 14.4. The van der Waals surface area contributed by atoms with Crippen molar-refractivity contribution in [1.82, 2.24) is 0 Å². The molecule has 0 saturated carbocycles. The van der Waals surface area contributed by atoms with Gasteiger partial charge >= 0.3 is 0 Å². The van der Waals surface area contributed by atoms with Crippen LogP contribution in [0.2, 0.25) is 0 Å². The molecule has 0 amide bonds. The predicted molar refractivity (Wildman–Crippen MR) is 84.4 cm³/mol. The molecule has 0 aliphatic carbocycles. The summed E-state index contributed by atoms with van der Waals surface area (Å²) in [6.07, 6.45) is -5.79. The molecule has 156 valence electrons. The van der Waals surface area contributed by atoms with E-state index in [4.69, 9.17) is 14.6 Å². The van der Waals surface area contributed by atoms with E-state index >= 15 is 0 Å². The van der Waals surface area contributed by atoms with Crippen LogP contribution in [0.5, 0.6) is 0 Å². The van der Waals surface area contributed by atoms with E-state index in [1.165, 1.54) is 0 Å². The SMILES string of the molecule is OCCC(O)(O)C(O)CCOCC1C(CO)COCC(O)C(O)C1(O)O. The molecule has 5 unspecified atom stereocenters. The van der Waals surface area contributed by atoms with Gasteiger partial charge < -0.3 is 55.4 Å². The molecule has 1 aliphatic rings. The summed E-state index contributed by atoms with van der Waals surface area (Å²) in [6.45, 7) is -2.05. The fraction of sp³-hybridized carbons (Fsp3) is 1.00. The molecule has 9 N–H and O–H groups in total. The van der Waals surface area contributed by atoms with Gasteiger partial charge in [0.05, 0.1) is 19.8 Å². The molecule has 11 nitrogen and oxygen atoms in total. The number of hydrogen-bond donors (Lipinski definition) is 9. The first-order chi connectivity index (χ1) is 12.1. The number of hydrogen-bond acceptors (Lipinski definition) is 11. The lowest BCUT2D eigenvalue weighted by atomic mass is 9.81. The van der Waals surface area contributed by atoms with Gasteiger partial charge in [0.25, 0.3) is 0 Å². The molecule has 0 bridgehead atoms. The molecule has 0 spiro atoms. The Balaban J connectivity index is 2.65. The third-order valence-electron chi connectivity index (χ3n) is 4.62. The van der Waals surface area contributed by atoms with Gasteiger partial charge in [-0.1, -0.05) is 0 Å². The van der Waals surface area contributed by atoms with Gasteiger partial charge in [0.15, 0.2) is 11.6 Å². The second-order valence-corrected chi connectivity index (χ2v) is 6.61. The Bertz CT molecular complexity index is 403. The minimum atomic E-state index is -2.76. The van der Waals surface area contributed by atoms with E-state index in [2.05, 4.69) is 0 Å². The summed E-state index contributed by atoms with van der Waals surface area (Å²) in [5, 5.41) is 86.9. The summed E-state index contributed by atoms with van der Waals surface area (Å²) in [7, 11) is 0. The molecular formula is C15H30O11. The van der Waals surface area contributed by atoms with E-state index in [0.717, 1.165) is 0 Å². The quantitative estimate of drug-likeness (QED) is 0.136. The van der Waals surface area contributed by atoms with Crippen molar-refractivity contribution in [3.05, 3.63) is 0 Å². The van der Waals surface area contributed by atoms with Gasteiger partial charge in [-0.15, -0.1) is 0 Å². The van der Waals surface area contributed by atoms with Crippen molar-refractivity contribution in [2.45, 2.75) is 42.7 Å². The summed E-state index contributed by atoms with van der Waals surface area (Å²) in [5.74, 6) is -7.27. The van der Waals surface area contributed by atoms with Crippen molar-refractivity contribution in [3.8, 4) is 0 Å². The topological polar surface area (TPSA) is 201 Å². The zero-order chi connectivity index (χ0) is 20.0. The lowest BCUT2D eigenvalue weighted by Crippen LogP contribution is -2.60. The van der Waals surface area contributed by atoms with Crippen molar-refractivity contribution in [2.24, 2.45) is 11.8 Å². The Kier molecular flexibility index (Phi) is 9.26. The van der Waals surface area contributed by atoms with Crippen LogP contribution in [0.3, 0.4) is 0 Å². The van der Waals surface area contributed by atoms with Gasteiger partial charge in [0, 0.05) is 44.5 Å². The van der Waals surface area contributed by atoms with Gasteiger partial charge in [0.1, 0.15) is 18.3 Å². The van der Waals surface area contributed by atoms with Crippen LogP contribution in [-0.2, 0) is 9.47 Å². The number of rotatable bonds is 9. The van der Waals surface area contributed by atoms with E-state index < -0.39 is 61.4 Å². The van der Waals surface area contributed by atoms with Gasteiger partial charge in [-0.2, -0.15) is 0 Å². The second-order valence-electron chi connectivity index (χ2n) is 6.61. The zero-order valence-corrected chi connectivity index (χ0v) is 14.4. The predicted octanol–water partition coefficient (Wildman–Crippen LogP) is -4.53. The minimum Gasteiger partial charge on any atom is -0.396 e. The molecular weight excluding hydrogens is 356 g/mol. The summed E-state index contributed by atoms with van der Waals surface area (Å²) >= 11 is 0. The highest BCUT2D eigenvalue weighted by molar-refractivity contribution is 4.92. The monoisotopic (exact) mass is 386 g/mol. The molecule has 1 heterocycles. The van der Waals surface area contributed by atoms with Gasteiger partial charge in [0.2, 0.25) is 0 Å². The Labute approximate surface area is 150 Å². The third kappa shape index (κ3) is 6.04. The van der Waals surface area contributed by atoms with Crippen molar-refractivity contribution in [2.75, 3.05) is 39.6 Å². The summed E-state index contributed by atoms with van der Waals surface area (Å²) in [5.41, 5.74) is 0. The van der Waals surface area contributed by atoms with Crippen LogP contribution >= 0.6 is 0 Å². The van der Waals surface area contributed by atoms with Gasteiger partial charge in [-0.25, -0.2) is 0 Å². The maximum Gasteiger partial charge on any atom is 0.197 e. The Hall–Kier alpha value is -0.440. The van der Waals surface area contributed by atoms with E-state index in [0.29, 0.717) is 0 Å². The van der Waals surface area contributed by atoms with Crippen LogP contribution in [0.25, 0.3) is 0 Å². The highest BCUT2D eigenvalue weighted by Gasteiger charge is 2.49. The Morgan fingerprint density at radius 2 is 1.81 bits per heavy atom. The highest BCUT2D eigenvalue weighted by atomic mass is 16.5. The molecule has 0 aromatic rings. The van der Waals surface area contributed by atoms with E-state index in [9.17, 15) is 40.9 Å². The van der Waals surface area contributed by atoms with Gasteiger partial charge in [-0.3, -0.25) is 0 Å². The van der Waals surface area contributed by atoms with Gasteiger partial charge in [-0.05, 0) is 0 Å². The molecule has 1 rings (SSSR count). The molecule has 1 aliphatic heterocycles. The average Bonchev–Trinajstić information content (AvgIpc) is 2.57. The Morgan fingerprint density at radius 3 is 2.38 bits per heavy atom. The molecule has 11 heteroatoms. The molecule has 5 atom stereocenters. The molecule has 1 saturated heterocycles. The first-order valence-electron chi connectivity index (χ1n) is 8.38. The van der Waals surface area contributed by atoms with E-state index in [-0.39, 0.29) is 32.8 Å². The maximum absolute atomic E-state index is 10.2. The maximum atomic E-state index is 10.2. The standard InChI is InChI=1S/C15H30O11/c16-3-2-14(21,22)12(19)1-4-25-7-10-9(5-17)6-26-8-11(18)13(20)15(10,23)24/h9-13,16-24H,1-8H2. The second kappa shape index (κ2) is 10.2. The van der Waals surface area contributed by atoms with E-state index in [1.807, 2.05) is 0 Å². The summed E-state index contributed by atoms with van der Waals surface area (Å²) in [4.78, 5) is 0. The van der Waals surface area contributed by atoms with E-state index in [1.54, 1.807) is 0 Å². The van der Waals surface area contributed by atoms with Crippen molar-refractivity contribution in [1.29, 1.82) is 0 Å². The fourth-order valence-electron chi connectivity index (χ4n) is 2.80. The van der Waals surface area contributed by atoms with Crippen molar-refractivity contribution < 1.29 is 55.4 Å². The minimum absolute atomic E-state index is 0.104. The van der Waals surface area contributed by atoms with Crippen LogP contribution in [0, 0.1) is 11.8 Å². The first-order valence-corrected chi connectivity index (χ1v) is 8.38. The summed E-state index contributed by atoms with van der Waals surface area (Å²) < 4.78 is 10.4. The van der Waals surface area contributed by atoms with Crippen LogP contribution < -0.4 is 0 Å². The normalized spacial score (nSPS) is 31.3.